The topological polar surface area (TPSA) is 38.3 Å². The third-order valence-corrected chi connectivity index (χ3v) is 4.44. The zero-order valence-electron chi connectivity index (χ0n) is 15.9. The fraction of sp³-hybridized carbons (Fsp3) is 0.409. The standard InChI is InChI=1S/C22H29NO2/c1-6-20(19-12-11-16(4)13-17(19)5)23-22(24)14-25-21-10-8-7-9-18(21)15(2)3/h7-13,15,20H,6,14H2,1-5H3,(H,23,24)/t20-/m0/s1. The Hall–Kier alpha value is -2.29. The van der Waals surface area contributed by atoms with Crippen molar-refractivity contribution in [1.29, 1.82) is 0 Å². The van der Waals surface area contributed by atoms with E-state index < -0.39 is 0 Å². The highest BCUT2D eigenvalue weighted by Gasteiger charge is 2.16. The average Bonchev–Trinajstić information content (AvgIpc) is 2.58. The first-order chi connectivity index (χ1) is 11.9. The van der Waals surface area contributed by atoms with Crippen LogP contribution in [-0.2, 0) is 4.79 Å². The van der Waals surface area contributed by atoms with E-state index in [-0.39, 0.29) is 18.6 Å². The Labute approximate surface area is 151 Å². The lowest BCUT2D eigenvalue weighted by molar-refractivity contribution is -0.123. The summed E-state index contributed by atoms with van der Waals surface area (Å²) in [6.45, 7) is 10.5. The molecule has 0 radical (unpaired) electrons. The summed E-state index contributed by atoms with van der Waals surface area (Å²) in [5.74, 6) is 1.05. The molecule has 134 valence electrons. The van der Waals surface area contributed by atoms with Crippen molar-refractivity contribution in [1.82, 2.24) is 5.32 Å². The van der Waals surface area contributed by atoms with E-state index in [4.69, 9.17) is 4.74 Å². The van der Waals surface area contributed by atoms with Gasteiger partial charge in [-0.2, -0.15) is 0 Å². The molecule has 25 heavy (non-hydrogen) atoms. The molecule has 0 fully saturated rings. The molecule has 0 heterocycles. The fourth-order valence-corrected chi connectivity index (χ4v) is 3.08. The Morgan fingerprint density at radius 3 is 2.44 bits per heavy atom. The first-order valence-electron chi connectivity index (χ1n) is 9.00. The minimum atomic E-state index is -0.0922. The van der Waals surface area contributed by atoms with Crippen LogP contribution in [0.2, 0.25) is 0 Å². The summed E-state index contributed by atoms with van der Waals surface area (Å²) in [6, 6.07) is 14.3. The highest BCUT2D eigenvalue weighted by Crippen LogP contribution is 2.26. The quantitative estimate of drug-likeness (QED) is 0.764. The molecule has 0 aliphatic heterocycles. The maximum atomic E-state index is 12.4. The van der Waals surface area contributed by atoms with Gasteiger partial charge in [-0.25, -0.2) is 0 Å². The predicted octanol–water partition coefficient (Wildman–Crippen LogP) is 5.07. The van der Waals surface area contributed by atoms with Crippen LogP contribution in [-0.4, -0.2) is 12.5 Å². The number of amides is 1. The Morgan fingerprint density at radius 1 is 1.08 bits per heavy atom. The summed E-state index contributed by atoms with van der Waals surface area (Å²) < 4.78 is 5.78. The van der Waals surface area contributed by atoms with Crippen LogP contribution in [0.15, 0.2) is 42.5 Å². The second-order valence-corrected chi connectivity index (χ2v) is 6.87. The number of nitrogens with one attached hydrogen (secondary N) is 1. The van der Waals surface area contributed by atoms with Crippen molar-refractivity contribution in [2.45, 2.75) is 53.0 Å². The zero-order valence-corrected chi connectivity index (χ0v) is 15.9. The van der Waals surface area contributed by atoms with Crippen LogP contribution in [0, 0.1) is 13.8 Å². The number of hydrogen-bond acceptors (Lipinski definition) is 2. The summed E-state index contributed by atoms with van der Waals surface area (Å²) in [6.07, 6.45) is 0.845. The maximum Gasteiger partial charge on any atom is 0.258 e. The number of aryl methyl sites for hydroxylation is 2. The SMILES string of the molecule is CC[C@H](NC(=O)COc1ccccc1C(C)C)c1ccc(C)cc1C. The molecular weight excluding hydrogens is 310 g/mol. The Morgan fingerprint density at radius 2 is 1.80 bits per heavy atom. The molecule has 3 heteroatoms. The van der Waals surface area contributed by atoms with Crippen LogP contribution >= 0.6 is 0 Å². The summed E-state index contributed by atoms with van der Waals surface area (Å²) >= 11 is 0. The second-order valence-electron chi connectivity index (χ2n) is 6.87. The monoisotopic (exact) mass is 339 g/mol. The highest BCUT2D eigenvalue weighted by atomic mass is 16.5. The van der Waals surface area contributed by atoms with Crippen molar-refractivity contribution in [2.24, 2.45) is 0 Å². The van der Waals surface area contributed by atoms with Crippen molar-refractivity contribution in [3.8, 4) is 5.75 Å². The molecule has 2 aromatic rings. The summed E-state index contributed by atoms with van der Waals surface area (Å²) in [5.41, 5.74) is 4.73. The summed E-state index contributed by atoms with van der Waals surface area (Å²) in [4.78, 5) is 12.4. The van der Waals surface area contributed by atoms with Gasteiger partial charge in [-0.3, -0.25) is 4.79 Å². The van der Waals surface area contributed by atoms with Gasteiger partial charge in [-0.05, 0) is 48.9 Å². The first-order valence-corrected chi connectivity index (χ1v) is 9.00. The van der Waals surface area contributed by atoms with Crippen molar-refractivity contribution in [3.63, 3.8) is 0 Å². The van der Waals surface area contributed by atoms with Crippen molar-refractivity contribution < 1.29 is 9.53 Å². The highest BCUT2D eigenvalue weighted by molar-refractivity contribution is 5.78. The third-order valence-electron chi connectivity index (χ3n) is 4.44. The van der Waals surface area contributed by atoms with Crippen LogP contribution in [0.25, 0.3) is 0 Å². The van der Waals surface area contributed by atoms with E-state index in [1.807, 2.05) is 24.3 Å². The van der Waals surface area contributed by atoms with E-state index in [0.29, 0.717) is 5.92 Å². The van der Waals surface area contributed by atoms with E-state index in [2.05, 4.69) is 58.1 Å². The molecule has 3 nitrogen and oxygen atoms in total. The lowest BCUT2D eigenvalue weighted by Gasteiger charge is -2.20. The fourth-order valence-electron chi connectivity index (χ4n) is 3.08. The molecule has 0 saturated carbocycles. The van der Waals surface area contributed by atoms with Gasteiger partial charge in [-0.15, -0.1) is 0 Å². The van der Waals surface area contributed by atoms with E-state index in [0.717, 1.165) is 17.7 Å². The Bertz CT molecular complexity index is 722. The number of rotatable bonds is 7. The van der Waals surface area contributed by atoms with Gasteiger partial charge in [0.2, 0.25) is 0 Å². The molecule has 1 atom stereocenters. The van der Waals surface area contributed by atoms with Crippen molar-refractivity contribution >= 4 is 5.91 Å². The van der Waals surface area contributed by atoms with Gasteiger partial charge in [0, 0.05) is 0 Å². The van der Waals surface area contributed by atoms with Gasteiger partial charge in [0.05, 0.1) is 6.04 Å². The Kier molecular flexibility index (Phi) is 6.63. The number of para-hydroxylation sites is 1. The molecule has 2 rings (SSSR count). The van der Waals surface area contributed by atoms with Crippen LogP contribution in [0.4, 0.5) is 0 Å². The lowest BCUT2D eigenvalue weighted by atomic mass is 9.97. The molecular formula is C22H29NO2. The molecule has 0 saturated heterocycles. The lowest BCUT2D eigenvalue weighted by Crippen LogP contribution is -2.32. The van der Waals surface area contributed by atoms with Gasteiger partial charge in [0.1, 0.15) is 5.75 Å². The van der Waals surface area contributed by atoms with E-state index in [1.54, 1.807) is 0 Å². The smallest absolute Gasteiger partial charge is 0.258 e. The van der Waals surface area contributed by atoms with E-state index in [1.165, 1.54) is 16.7 Å². The normalized spacial score (nSPS) is 12.1. The molecule has 0 bridgehead atoms. The van der Waals surface area contributed by atoms with Crippen molar-refractivity contribution in [2.75, 3.05) is 6.61 Å². The van der Waals surface area contributed by atoms with Gasteiger partial charge in [-0.1, -0.05) is 62.7 Å². The minimum Gasteiger partial charge on any atom is -0.483 e. The first kappa shape index (κ1) is 19.0. The largest absolute Gasteiger partial charge is 0.483 e. The molecule has 0 spiro atoms. The molecule has 0 aromatic heterocycles. The molecule has 0 unspecified atom stereocenters. The molecule has 1 amide bonds. The number of carbonyl (C=O) groups excluding carboxylic acids is 1. The van der Waals surface area contributed by atoms with Crippen LogP contribution < -0.4 is 10.1 Å². The van der Waals surface area contributed by atoms with Crippen LogP contribution in [0.5, 0.6) is 5.75 Å². The third kappa shape index (κ3) is 5.09. The zero-order chi connectivity index (χ0) is 18.4. The number of carbonyl (C=O) groups is 1. The molecule has 0 aliphatic carbocycles. The van der Waals surface area contributed by atoms with Crippen molar-refractivity contribution in [3.05, 3.63) is 64.7 Å². The average molecular weight is 339 g/mol. The molecule has 1 N–H and O–H groups in total. The summed E-state index contributed by atoms with van der Waals surface area (Å²) in [5, 5.41) is 3.10. The molecule has 0 aliphatic rings. The van der Waals surface area contributed by atoms with Gasteiger partial charge >= 0.3 is 0 Å². The van der Waals surface area contributed by atoms with Gasteiger partial charge < -0.3 is 10.1 Å². The minimum absolute atomic E-state index is 0.0112. The predicted molar refractivity (Wildman–Crippen MR) is 103 cm³/mol. The van der Waals surface area contributed by atoms with E-state index >= 15 is 0 Å². The number of ether oxygens (including phenoxy) is 1. The van der Waals surface area contributed by atoms with Gasteiger partial charge in [0.25, 0.3) is 5.91 Å². The Balaban J connectivity index is 2.01. The maximum absolute atomic E-state index is 12.4. The number of benzene rings is 2. The second kappa shape index (κ2) is 8.70. The van der Waals surface area contributed by atoms with Gasteiger partial charge in [0.15, 0.2) is 6.61 Å². The molecule has 2 aromatic carbocycles. The van der Waals surface area contributed by atoms with Crippen LogP contribution in [0.1, 0.15) is 61.4 Å². The summed E-state index contributed by atoms with van der Waals surface area (Å²) in [7, 11) is 0. The van der Waals surface area contributed by atoms with Crippen LogP contribution in [0.3, 0.4) is 0 Å². The van der Waals surface area contributed by atoms with E-state index in [9.17, 15) is 4.79 Å². The number of hydrogen-bond donors (Lipinski definition) is 1.